The molecule has 1 aliphatic rings. The Morgan fingerprint density at radius 3 is 2.10 bits per heavy atom. The number of esters is 1. The van der Waals surface area contributed by atoms with E-state index >= 15 is 0 Å². The number of carboxylic acid groups (broad SMARTS) is 1. The van der Waals surface area contributed by atoms with Crippen LogP contribution >= 0.6 is 0 Å². The summed E-state index contributed by atoms with van der Waals surface area (Å²) in [7, 11) is 0. The Hall–Kier alpha value is -1.06. The smallest absolute Gasteiger partial charge is 0.308 e. The minimum atomic E-state index is -0.733. The maximum absolute atomic E-state index is 11.8. The first kappa shape index (κ1) is 17.0. The Labute approximate surface area is 121 Å². The Morgan fingerprint density at radius 2 is 1.50 bits per heavy atom. The van der Waals surface area contributed by atoms with Crippen molar-refractivity contribution in [2.45, 2.75) is 71.1 Å². The summed E-state index contributed by atoms with van der Waals surface area (Å²) in [6.07, 6.45) is 9.61. The zero-order chi connectivity index (χ0) is 14.8. The molecule has 0 saturated heterocycles. The molecule has 1 N–H and O–H groups in total. The van der Waals surface area contributed by atoms with Crippen molar-refractivity contribution in [2.75, 3.05) is 6.61 Å². The van der Waals surface area contributed by atoms with Crippen LogP contribution in [0.25, 0.3) is 0 Å². The molecule has 0 aromatic rings. The minimum absolute atomic E-state index is 0.0781. The van der Waals surface area contributed by atoms with Crippen LogP contribution in [-0.2, 0) is 14.3 Å². The number of rotatable bonds is 9. The maximum Gasteiger partial charge on any atom is 0.308 e. The third-order valence-corrected chi connectivity index (χ3v) is 4.15. The summed E-state index contributed by atoms with van der Waals surface area (Å²) in [5.41, 5.74) is 0. The van der Waals surface area contributed by atoms with Gasteiger partial charge in [0.1, 0.15) is 0 Å². The van der Waals surface area contributed by atoms with Crippen LogP contribution in [0.5, 0.6) is 0 Å². The van der Waals surface area contributed by atoms with Gasteiger partial charge in [-0.1, -0.05) is 39.0 Å². The lowest BCUT2D eigenvalue weighted by Crippen LogP contribution is -2.27. The monoisotopic (exact) mass is 284 g/mol. The van der Waals surface area contributed by atoms with Gasteiger partial charge in [-0.15, -0.1) is 0 Å². The fourth-order valence-corrected chi connectivity index (χ4v) is 2.75. The molecule has 1 fully saturated rings. The van der Waals surface area contributed by atoms with Gasteiger partial charge in [-0.2, -0.15) is 0 Å². The summed E-state index contributed by atoms with van der Waals surface area (Å²) in [5, 5.41) is 8.91. The summed E-state index contributed by atoms with van der Waals surface area (Å²) < 4.78 is 5.30. The molecule has 0 aliphatic heterocycles. The van der Waals surface area contributed by atoms with Crippen LogP contribution in [0.2, 0.25) is 0 Å². The number of ether oxygens (including phenoxy) is 1. The first-order chi connectivity index (χ1) is 9.65. The molecule has 1 saturated carbocycles. The maximum atomic E-state index is 11.8. The van der Waals surface area contributed by atoms with E-state index in [1.807, 2.05) is 0 Å². The van der Waals surface area contributed by atoms with Crippen molar-refractivity contribution in [3.63, 3.8) is 0 Å². The van der Waals surface area contributed by atoms with Crippen molar-refractivity contribution < 1.29 is 19.4 Å². The summed E-state index contributed by atoms with van der Waals surface area (Å²) >= 11 is 0. The van der Waals surface area contributed by atoms with E-state index in [9.17, 15) is 9.59 Å². The second kappa shape index (κ2) is 9.78. The van der Waals surface area contributed by atoms with Crippen LogP contribution in [0.3, 0.4) is 0 Å². The van der Waals surface area contributed by atoms with Gasteiger partial charge >= 0.3 is 11.9 Å². The van der Waals surface area contributed by atoms with Gasteiger partial charge in [0.05, 0.1) is 18.4 Å². The first-order valence-corrected chi connectivity index (χ1v) is 8.04. The fourth-order valence-electron chi connectivity index (χ4n) is 2.75. The lowest BCUT2D eigenvalue weighted by molar-refractivity contribution is -0.152. The third-order valence-electron chi connectivity index (χ3n) is 4.15. The second-order valence-corrected chi connectivity index (χ2v) is 5.82. The highest BCUT2D eigenvalue weighted by Gasteiger charge is 2.30. The molecule has 0 unspecified atom stereocenters. The van der Waals surface area contributed by atoms with E-state index in [0.29, 0.717) is 32.3 Å². The normalized spacial score (nSPS) is 22.4. The molecular formula is C16H28O4. The lowest BCUT2D eigenvalue weighted by atomic mass is 9.82. The molecule has 0 spiro atoms. The third kappa shape index (κ3) is 6.40. The number of hydrogen-bond acceptors (Lipinski definition) is 3. The number of carbonyl (C=O) groups is 2. The van der Waals surface area contributed by atoms with Gasteiger partial charge < -0.3 is 9.84 Å². The van der Waals surface area contributed by atoms with E-state index in [2.05, 4.69) is 6.92 Å². The van der Waals surface area contributed by atoms with E-state index in [0.717, 1.165) is 12.8 Å². The van der Waals surface area contributed by atoms with Gasteiger partial charge in [-0.3, -0.25) is 9.59 Å². The molecule has 0 aromatic heterocycles. The zero-order valence-corrected chi connectivity index (χ0v) is 12.6. The highest BCUT2D eigenvalue weighted by atomic mass is 16.5. The average molecular weight is 284 g/mol. The molecular weight excluding hydrogens is 256 g/mol. The highest BCUT2D eigenvalue weighted by molar-refractivity contribution is 5.74. The lowest BCUT2D eigenvalue weighted by Gasteiger charge is -2.24. The van der Waals surface area contributed by atoms with E-state index in [1.165, 1.54) is 25.7 Å². The SMILES string of the molecule is CCCCCCCCOC(=O)C1CCC(C(=O)O)CC1. The first-order valence-electron chi connectivity index (χ1n) is 8.04. The van der Waals surface area contributed by atoms with E-state index in [1.54, 1.807) is 0 Å². The van der Waals surface area contributed by atoms with Crippen molar-refractivity contribution in [3.05, 3.63) is 0 Å². The van der Waals surface area contributed by atoms with Crippen molar-refractivity contribution in [2.24, 2.45) is 11.8 Å². The molecule has 0 atom stereocenters. The molecule has 20 heavy (non-hydrogen) atoms. The minimum Gasteiger partial charge on any atom is -0.481 e. The van der Waals surface area contributed by atoms with Crippen LogP contribution in [0.1, 0.15) is 71.1 Å². The van der Waals surface area contributed by atoms with Gasteiger partial charge in [0, 0.05) is 0 Å². The van der Waals surface area contributed by atoms with E-state index in [4.69, 9.17) is 9.84 Å². The molecule has 116 valence electrons. The summed E-state index contributed by atoms with van der Waals surface area (Å²) in [5.74, 6) is -1.20. The highest BCUT2D eigenvalue weighted by Crippen LogP contribution is 2.29. The number of aliphatic carboxylic acids is 1. The topological polar surface area (TPSA) is 63.6 Å². The molecule has 0 radical (unpaired) electrons. The quantitative estimate of drug-likeness (QED) is 0.517. The molecule has 1 aliphatic carbocycles. The zero-order valence-electron chi connectivity index (χ0n) is 12.6. The van der Waals surface area contributed by atoms with Crippen LogP contribution in [0, 0.1) is 11.8 Å². The molecule has 4 heteroatoms. The molecule has 0 aromatic carbocycles. The number of unbranched alkanes of at least 4 members (excludes halogenated alkanes) is 5. The summed E-state index contributed by atoms with van der Waals surface area (Å²) in [6, 6.07) is 0. The predicted octanol–water partition coefficient (Wildman–Crippen LogP) is 3.78. The number of carboxylic acids is 1. The molecule has 1 rings (SSSR count). The van der Waals surface area contributed by atoms with Gasteiger partial charge in [-0.25, -0.2) is 0 Å². The van der Waals surface area contributed by atoms with Crippen molar-refractivity contribution in [1.82, 2.24) is 0 Å². The van der Waals surface area contributed by atoms with Gasteiger partial charge in [0.25, 0.3) is 0 Å². The largest absolute Gasteiger partial charge is 0.481 e. The predicted molar refractivity (Wildman–Crippen MR) is 77.4 cm³/mol. The summed E-state index contributed by atoms with van der Waals surface area (Å²) in [6.45, 7) is 2.71. The fraction of sp³-hybridized carbons (Fsp3) is 0.875. The molecule has 0 heterocycles. The number of carbonyl (C=O) groups excluding carboxylic acids is 1. The van der Waals surface area contributed by atoms with Crippen molar-refractivity contribution in [3.8, 4) is 0 Å². The Bertz CT molecular complexity index is 293. The molecule has 0 bridgehead atoms. The van der Waals surface area contributed by atoms with Gasteiger partial charge in [0.15, 0.2) is 0 Å². The van der Waals surface area contributed by atoms with Gasteiger partial charge in [0.2, 0.25) is 0 Å². The molecule has 4 nitrogen and oxygen atoms in total. The van der Waals surface area contributed by atoms with Crippen LogP contribution in [-0.4, -0.2) is 23.7 Å². The van der Waals surface area contributed by atoms with Crippen LogP contribution in [0.15, 0.2) is 0 Å². The van der Waals surface area contributed by atoms with Crippen molar-refractivity contribution in [1.29, 1.82) is 0 Å². The molecule has 0 amide bonds. The standard InChI is InChI=1S/C16H28O4/c1-2-3-4-5-6-7-12-20-16(19)14-10-8-13(9-11-14)15(17)18/h13-14H,2-12H2,1H3,(H,17,18). The Balaban J connectivity index is 2.04. The van der Waals surface area contributed by atoms with Crippen LogP contribution in [0.4, 0.5) is 0 Å². The average Bonchev–Trinajstić information content (AvgIpc) is 2.46. The Kier molecular flexibility index (Phi) is 8.31. The van der Waals surface area contributed by atoms with Gasteiger partial charge in [-0.05, 0) is 32.1 Å². The number of hydrogen-bond donors (Lipinski definition) is 1. The second-order valence-electron chi connectivity index (χ2n) is 5.82. The Morgan fingerprint density at radius 1 is 0.950 bits per heavy atom. The van der Waals surface area contributed by atoms with E-state index in [-0.39, 0.29) is 17.8 Å². The van der Waals surface area contributed by atoms with E-state index < -0.39 is 5.97 Å². The van der Waals surface area contributed by atoms with Crippen LogP contribution < -0.4 is 0 Å². The summed E-state index contributed by atoms with van der Waals surface area (Å²) in [4.78, 5) is 22.7. The van der Waals surface area contributed by atoms with Crippen molar-refractivity contribution >= 4 is 11.9 Å².